The largest absolute Gasteiger partial charge is 0.390 e. The highest BCUT2D eigenvalue weighted by atomic mass is 16.5. The molecule has 0 saturated carbocycles. The van der Waals surface area contributed by atoms with Crippen molar-refractivity contribution in [3.05, 3.63) is 0 Å². The maximum absolute atomic E-state index is 9.63. The van der Waals surface area contributed by atoms with E-state index in [2.05, 4.69) is 24.1 Å². The second kappa shape index (κ2) is 5.66. The number of hydrogen-bond acceptors (Lipinski definition) is 4. The van der Waals surface area contributed by atoms with Crippen LogP contribution in [0, 0.1) is 0 Å². The summed E-state index contributed by atoms with van der Waals surface area (Å²) in [6, 6.07) is 0. The topological polar surface area (TPSA) is 44.7 Å². The summed E-state index contributed by atoms with van der Waals surface area (Å²) in [5.41, 5.74) is 0. The Balaban J connectivity index is 2.29. The van der Waals surface area contributed by atoms with Crippen LogP contribution in [0.3, 0.4) is 0 Å². The van der Waals surface area contributed by atoms with Gasteiger partial charge in [0, 0.05) is 26.2 Å². The van der Waals surface area contributed by atoms with Crippen LogP contribution >= 0.6 is 0 Å². The van der Waals surface area contributed by atoms with Crippen molar-refractivity contribution in [1.29, 1.82) is 0 Å². The molecule has 0 radical (unpaired) electrons. The Morgan fingerprint density at radius 2 is 2.00 bits per heavy atom. The van der Waals surface area contributed by atoms with E-state index in [1.807, 2.05) is 7.05 Å². The van der Waals surface area contributed by atoms with E-state index in [1.165, 1.54) is 0 Å². The zero-order valence-electron chi connectivity index (χ0n) is 9.36. The van der Waals surface area contributed by atoms with Gasteiger partial charge in [0.1, 0.15) is 0 Å². The van der Waals surface area contributed by atoms with Gasteiger partial charge in [0.25, 0.3) is 0 Å². The fourth-order valence-corrected chi connectivity index (χ4v) is 2.03. The van der Waals surface area contributed by atoms with Crippen molar-refractivity contribution in [2.75, 3.05) is 33.2 Å². The number of nitrogens with one attached hydrogen (secondary N) is 1. The van der Waals surface area contributed by atoms with Crippen molar-refractivity contribution in [1.82, 2.24) is 10.2 Å². The van der Waals surface area contributed by atoms with Gasteiger partial charge < -0.3 is 15.2 Å². The van der Waals surface area contributed by atoms with Gasteiger partial charge in [-0.15, -0.1) is 0 Å². The summed E-state index contributed by atoms with van der Waals surface area (Å²) in [5, 5.41) is 12.6. The second-order valence-electron chi connectivity index (χ2n) is 4.19. The van der Waals surface area contributed by atoms with Crippen molar-refractivity contribution in [2.24, 2.45) is 0 Å². The molecule has 0 aliphatic carbocycles. The number of β-amino-alcohol motifs (C(OH)–C–C–N with tert-alkyl or cyclic N) is 1. The lowest BCUT2D eigenvalue weighted by molar-refractivity contribution is -0.0761. The molecule has 1 heterocycles. The highest BCUT2D eigenvalue weighted by molar-refractivity contribution is 4.75. The number of hydrogen-bond donors (Lipinski definition) is 2. The van der Waals surface area contributed by atoms with Crippen LogP contribution in [0.15, 0.2) is 0 Å². The Bertz CT molecular complexity index is 156. The van der Waals surface area contributed by atoms with Gasteiger partial charge in [-0.1, -0.05) is 0 Å². The molecule has 1 aliphatic heterocycles. The molecule has 0 aromatic rings. The molecular formula is C10H22N2O2. The van der Waals surface area contributed by atoms with Crippen molar-refractivity contribution in [3.8, 4) is 0 Å². The van der Waals surface area contributed by atoms with Crippen LogP contribution in [0.25, 0.3) is 0 Å². The first-order valence-electron chi connectivity index (χ1n) is 5.32. The summed E-state index contributed by atoms with van der Waals surface area (Å²) in [6.45, 7) is 7.38. The second-order valence-corrected chi connectivity index (χ2v) is 4.19. The average Bonchev–Trinajstić information content (AvgIpc) is 2.01. The highest BCUT2D eigenvalue weighted by Gasteiger charge is 2.23. The number of morpholine rings is 1. The molecule has 3 atom stereocenters. The van der Waals surface area contributed by atoms with E-state index < -0.39 is 0 Å². The Hall–Kier alpha value is -0.160. The summed E-state index contributed by atoms with van der Waals surface area (Å²) >= 11 is 0. The summed E-state index contributed by atoms with van der Waals surface area (Å²) in [7, 11) is 1.85. The number of aliphatic hydroxyl groups excluding tert-OH is 1. The molecule has 4 nitrogen and oxygen atoms in total. The number of rotatable bonds is 4. The van der Waals surface area contributed by atoms with Gasteiger partial charge in [0.2, 0.25) is 0 Å². The molecule has 1 saturated heterocycles. The average molecular weight is 202 g/mol. The molecule has 0 spiro atoms. The molecule has 1 rings (SSSR count). The van der Waals surface area contributed by atoms with Crippen molar-refractivity contribution in [2.45, 2.75) is 32.2 Å². The molecule has 0 bridgehead atoms. The van der Waals surface area contributed by atoms with Crippen LogP contribution in [0.5, 0.6) is 0 Å². The molecule has 0 aromatic carbocycles. The van der Waals surface area contributed by atoms with Gasteiger partial charge in [-0.25, -0.2) is 0 Å². The molecule has 1 unspecified atom stereocenters. The third kappa shape index (κ3) is 3.92. The highest BCUT2D eigenvalue weighted by Crippen LogP contribution is 2.10. The molecule has 4 heteroatoms. The monoisotopic (exact) mass is 202 g/mol. The number of aliphatic hydroxyl groups is 1. The number of likely N-dealkylation sites (N-methyl/N-ethyl adjacent to an activating group) is 1. The summed E-state index contributed by atoms with van der Waals surface area (Å²) in [6.07, 6.45) is 0.276. The molecule has 0 amide bonds. The summed E-state index contributed by atoms with van der Waals surface area (Å²) in [5.74, 6) is 0. The van der Waals surface area contributed by atoms with E-state index >= 15 is 0 Å². The zero-order valence-corrected chi connectivity index (χ0v) is 9.36. The van der Waals surface area contributed by atoms with Crippen LogP contribution in [0.2, 0.25) is 0 Å². The van der Waals surface area contributed by atoms with Gasteiger partial charge in [0.05, 0.1) is 18.3 Å². The minimum Gasteiger partial charge on any atom is -0.390 e. The van der Waals surface area contributed by atoms with Gasteiger partial charge in [-0.05, 0) is 20.9 Å². The Labute approximate surface area is 86.2 Å². The van der Waals surface area contributed by atoms with E-state index in [9.17, 15) is 5.11 Å². The zero-order chi connectivity index (χ0) is 10.6. The lowest BCUT2D eigenvalue weighted by Crippen LogP contribution is -2.49. The fraction of sp³-hybridized carbons (Fsp3) is 1.00. The van der Waals surface area contributed by atoms with Crippen molar-refractivity contribution < 1.29 is 9.84 Å². The van der Waals surface area contributed by atoms with E-state index in [4.69, 9.17) is 4.74 Å². The van der Waals surface area contributed by atoms with Gasteiger partial charge in [-0.3, -0.25) is 4.90 Å². The number of ether oxygens (including phenoxy) is 1. The maximum atomic E-state index is 9.63. The van der Waals surface area contributed by atoms with Crippen LogP contribution in [0.4, 0.5) is 0 Å². The Morgan fingerprint density at radius 1 is 1.43 bits per heavy atom. The minimum absolute atomic E-state index is 0.278. The molecular weight excluding hydrogens is 180 g/mol. The molecule has 1 aliphatic rings. The van der Waals surface area contributed by atoms with E-state index in [0.29, 0.717) is 6.54 Å². The lowest BCUT2D eigenvalue weighted by atomic mass is 10.2. The van der Waals surface area contributed by atoms with Crippen molar-refractivity contribution >= 4 is 0 Å². The van der Waals surface area contributed by atoms with Gasteiger partial charge in [-0.2, -0.15) is 0 Å². The fourth-order valence-electron chi connectivity index (χ4n) is 2.03. The third-order valence-corrected chi connectivity index (χ3v) is 2.40. The predicted octanol–water partition coefficient (Wildman–Crippen LogP) is -0.324. The first kappa shape index (κ1) is 11.9. The van der Waals surface area contributed by atoms with Gasteiger partial charge in [0.15, 0.2) is 0 Å². The number of nitrogens with zero attached hydrogens (tertiary/aromatic N) is 1. The van der Waals surface area contributed by atoms with Crippen molar-refractivity contribution in [3.63, 3.8) is 0 Å². The molecule has 1 fully saturated rings. The lowest BCUT2D eigenvalue weighted by Gasteiger charge is -2.36. The molecule has 84 valence electrons. The Morgan fingerprint density at radius 3 is 2.50 bits per heavy atom. The Kier molecular flexibility index (Phi) is 4.81. The standard InChI is InChI=1S/C10H22N2O2/c1-8-5-12(6-9(2)14-8)7-10(13)4-11-3/h8-11,13H,4-7H2,1-3H3/t8-,9+,10?. The maximum Gasteiger partial charge on any atom is 0.0791 e. The summed E-state index contributed by atoms with van der Waals surface area (Å²) in [4.78, 5) is 2.26. The third-order valence-electron chi connectivity index (χ3n) is 2.40. The van der Waals surface area contributed by atoms with E-state index in [-0.39, 0.29) is 18.3 Å². The van der Waals surface area contributed by atoms with Crippen LogP contribution in [-0.4, -0.2) is 61.5 Å². The quantitative estimate of drug-likeness (QED) is 0.655. The smallest absolute Gasteiger partial charge is 0.0791 e. The SMILES string of the molecule is CNCC(O)CN1C[C@@H](C)O[C@@H](C)C1. The van der Waals surface area contributed by atoms with Crippen LogP contribution < -0.4 is 5.32 Å². The molecule has 14 heavy (non-hydrogen) atoms. The van der Waals surface area contributed by atoms with E-state index in [0.717, 1.165) is 19.6 Å². The van der Waals surface area contributed by atoms with Crippen LogP contribution in [0.1, 0.15) is 13.8 Å². The van der Waals surface area contributed by atoms with Gasteiger partial charge >= 0.3 is 0 Å². The van der Waals surface area contributed by atoms with Crippen LogP contribution in [-0.2, 0) is 4.74 Å². The molecule has 2 N–H and O–H groups in total. The summed E-state index contributed by atoms with van der Waals surface area (Å²) < 4.78 is 5.62. The first-order valence-corrected chi connectivity index (χ1v) is 5.32. The van der Waals surface area contributed by atoms with E-state index in [1.54, 1.807) is 0 Å². The first-order chi connectivity index (χ1) is 6.61. The molecule has 0 aromatic heterocycles. The normalized spacial score (nSPS) is 31.7. The minimum atomic E-state index is -0.280. The predicted molar refractivity (Wildman–Crippen MR) is 56.4 cm³/mol.